The van der Waals surface area contributed by atoms with Gasteiger partial charge in [0.1, 0.15) is 0 Å². The number of amides is 1. The number of hydrogen-bond donors (Lipinski definition) is 1. The second kappa shape index (κ2) is 8.96. The number of benzene rings is 2. The highest BCUT2D eigenvalue weighted by atomic mass is 19.4. The summed E-state index contributed by atoms with van der Waals surface area (Å²) in [5.74, 6) is -0.696. The summed E-state index contributed by atoms with van der Waals surface area (Å²) in [6, 6.07) is 17.7. The van der Waals surface area contributed by atoms with Crippen LogP contribution in [-0.4, -0.2) is 22.5 Å². The van der Waals surface area contributed by atoms with Crippen LogP contribution in [0.15, 0.2) is 79.0 Å². The van der Waals surface area contributed by atoms with Crippen molar-refractivity contribution in [3.8, 4) is 0 Å². The molecule has 2 aromatic carbocycles. The standard InChI is InChI=1S/C22H19F3N2O3/c23-22(24,25)18-11-5-4-10-17(18)20(28)15-26(14-16-8-2-1-3-9-16)21(29)19-12-6-7-13-27(19)30/h1-13,20,28H,14-15H2. The van der Waals surface area contributed by atoms with Crippen LogP contribution in [0.4, 0.5) is 13.2 Å². The predicted molar refractivity (Wildman–Crippen MR) is 103 cm³/mol. The molecule has 1 atom stereocenters. The average molecular weight is 416 g/mol. The van der Waals surface area contributed by atoms with Crippen LogP contribution in [0.3, 0.4) is 0 Å². The Labute approximate surface area is 171 Å². The molecule has 0 radical (unpaired) electrons. The van der Waals surface area contributed by atoms with E-state index >= 15 is 0 Å². The van der Waals surface area contributed by atoms with Crippen LogP contribution in [0.1, 0.15) is 33.3 Å². The van der Waals surface area contributed by atoms with Gasteiger partial charge in [-0.1, -0.05) is 48.5 Å². The van der Waals surface area contributed by atoms with Crippen LogP contribution in [0.5, 0.6) is 0 Å². The molecule has 1 unspecified atom stereocenters. The van der Waals surface area contributed by atoms with Crippen molar-refractivity contribution >= 4 is 5.91 Å². The Kier molecular flexibility index (Phi) is 6.37. The summed E-state index contributed by atoms with van der Waals surface area (Å²) in [6.45, 7) is -0.407. The molecule has 1 amide bonds. The molecular weight excluding hydrogens is 397 g/mol. The summed E-state index contributed by atoms with van der Waals surface area (Å²) in [4.78, 5) is 14.2. The average Bonchev–Trinajstić information content (AvgIpc) is 2.73. The third kappa shape index (κ3) is 4.96. The third-order valence-corrected chi connectivity index (χ3v) is 4.57. The summed E-state index contributed by atoms with van der Waals surface area (Å²) < 4.78 is 40.4. The number of aliphatic hydroxyl groups excluding tert-OH is 1. The van der Waals surface area contributed by atoms with Crippen molar-refractivity contribution in [1.29, 1.82) is 0 Å². The van der Waals surface area contributed by atoms with Crippen molar-refractivity contribution in [2.24, 2.45) is 0 Å². The molecule has 1 N–H and O–H groups in total. The highest BCUT2D eigenvalue weighted by molar-refractivity contribution is 5.91. The molecule has 0 saturated carbocycles. The van der Waals surface area contributed by atoms with Crippen LogP contribution in [0, 0.1) is 5.21 Å². The van der Waals surface area contributed by atoms with Gasteiger partial charge in [-0.2, -0.15) is 17.9 Å². The summed E-state index contributed by atoms with van der Waals surface area (Å²) in [5, 5.41) is 22.6. The van der Waals surface area contributed by atoms with Crippen molar-refractivity contribution in [3.05, 3.63) is 107 Å². The molecule has 30 heavy (non-hydrogen) atoms. The van der Waals surface area contributed by atoms with Crippen molar-refractivity contribution in [2.45, 2.75) is 18.8 Å². The summed E-state index contributed by atoms with van der Waals surface area (Å²) >= 11 is 0. The van der Waals surface area contributed by atoms with Crippen LogP contribution in [-0.2, 0) is 12.7 Å². The van der Waals surface area contributed by atoms with E-state index in [-0.39, 0.29) is 17.8 Å². The topological polar surface area (TPSA) is 67.5 Å². The smallest absolute Gasteiger partial charge is 0.416 e. The van der Waals surface area contributed by atoms with Gasteiger partial charge in [0.25, 0.3) is 5.69 Å². The second-order valence-corrected chi connectivity index (χ2v) is 6.68. The summed E-state index contributed by atoms with van der Waals surface area (Å²) in [5.41, 5.74) is -0.789. The Hall–Kier alpha value is -3.39. The van der Waals surface area contributed by atoms with Crippen LogP contribution >= 0.6 is 0 Å². The Bertz CT molecular complexity index is 1010. The fourth-order valence-electron chi connectivity index (χ4n) is 3.13. The first-order chi connectivity index (χ1) is 14.3. The number of carbonyl (C=O) groups is 1. The van der Waals surface area contributed by atoms with E-state index in [2.05, 4.69) is 0 Å². The largest absolute Gasteiger partial charge is 0.618 e. The van der Waals surface area contributed by atoms with E-state index in [4.69, 9.17) is 0 Å². The Morgan fingerprint density at radius 3 is 2.30 bits per heavy atom. The summed E-state index contributed by atoms with van der Waals surface area (Å²) in [7, 11) is 0. The lowest BCUT2D eigenvalue weighted by Crippen LogP contribution is -2.42. The molecule has 156 valence electrons. The van der Waals surface area contributed by atoms with Crippen LogP contribution in [0.25, 0.3) is 0 Å². The molecule has 0 spiro atoms. The maximum Gasteiger partial charge on any atom is 0.416 e. The SMILES string of the molecule is O=C(c1cccc[n+]1[O-])N(Cc1ccccc1)CC(O)c1ccccc1C(F)(F)F. The number of alkyl halides is 3. The third-order valence-electron chi connectivity index (χ3n) is 4.57. The van der Waals surface area contributed by atoms with Gasteiger partial charge in [0.2, 0.25) is 0 Å². The van der Waals surface area contributed by atoms with E-state index in [9.17, 15) is 28.3 Å². The lowest BCUT2D eigenvalue weighted by Gasteiger charge is -2.26. The first-order valence-electron chi connectivity index (χ1n) is 9.13. The molecule has 0 fully saturated rings. The number of aromatic nitrogens is 1. The van der Waals surface area contributed by atoms with Gasteiger partial charge in [-0.05, 0) is 23.3 Å². The fourth-order valence-corrected chi connectivity index (χ4v) is 3.13. The highest BCUT2D eigenvalue weighted by Gasteiger charge is 2.35. The second-order valence-electron chi connectivity index (χ2n) is 6.68. The van der Waals surface area contributed by atoms with Gasteiger partial charge in [-0.25, -0.2) is 0 Å². The van der Waals surface area contributed by atoms with Gasteiger partial charge < -0.3 is 15.2 Å². The van der Waals surface area contributed by atoms with Gasteiger partial charge in [0.15, 0.2) is 6.20 Å². The zero-order chi connectivity index (χ0) is 21.7. The Morgan fingerprint density at radius 2 is 1.63 bits per heavy atom. The first kappa shape index (κ1) is 21.3. The fraction of sp³-hybridized carbons (Fsp3) is 0.182. The van der Waals surface area contributed by atoms with Crippen molar-refractivity contribution < 1.29 is 27.8 Å². The van der Waals surface area contributed by atoms with Crippen molar-refractivity contribution in [3.63, 3.8) is 0 Å². The maximum atomic E-state index is 13.3. The van der Waals surface area contributed by atoms with E-state index in [1.54, 1.807) is 30.3 Å². The number of aliphatic hydroxyl groups is 1. The van der Waals surface area contributed by atoms with Gasteiger partial charge in [0, 0.05) is 18.7 Å². The van der Waals surface area contributed by atoms with E-state index < -0.39 is 30.3 Å². The van der Waals surface area contributed by atoms with Crippen molar-refractivity contribution in [2.75, 3.05) is 6.54 Å². The number of carbonyl (C=O) groups excluding carboxylic acids is 1. The zero-order valence-electron chi connectivity index (χ0n) is 15.8. The number of nitrogens with zero attached hydrogens (tertiary/aromatic N) is 2. The minimum Gasteiger partial charge on any atom is -0.618 e. The van der Waals surface area contributed by atoms with Crippen molar-refractivity contribution in [1.82, 2.24) is 4.90 Å². The number of halogens is 3. The number of rotatable bonds is 6. The predicted octanol–water partition coefficient (Wildman–Crippen LogP) is 3.71. The number of hydrogen-bond acceptors (Lipinski definition) is 3. The normalized spacial score (nSPS) is 12.4. The maximum absolute atomic E-state index is 13.3. The summed E-state index contributed by atoms with van der Waals surface area (Å²) in [6.07, 6.45) is -5.09. The molecule has 3 aromatic rings. The molecule has 0 saturated heterocycles. The highest BCUT2D eigenvalue weighted by Crippen LogP contribution is 2.34. The van der Waals surface area contributed by atoms with Gasteiger partial charge in [-0.3, -0.25) is 4.79 Å². The molecular formula is C22H19F3N2O3. The monoisotopic (exact) mass is 416 g/mol. The molecule has 0 aliphatic rings. The molecule has 1 heterocycles. The van der Waals surface area contributed by atoms with Gasteiger partial charge in [-0.15, -0.1) is 0 Å². The quantitative estimate of drug-likeness (QED) is 0.492. The molecule has 0 aliphatic heterocycles. The Balaban J connectivity index is 1.93. The molecule has 0 bridgehead atoms. The van der Waals surface area contributed by atoms with Gasteiger partial charge >= 0.3 is 12.1 Å². The Morgan fingerprint density at radius 1 is 1.00 bits per heavy atom. The van der Waals surface area contributed by atoms with Crippen LogP contribution in [0.2, 0.25) is 0 Å². The number of pyridine rings is 1. The lowest BCUT2D eigenvalue weighted by molar-refractivity contribution is -0.608. The van der Waals surface area contributed by atoms with E-state index in [0.717, 1.165) is 17.2 Å². The molecule has 8 heteroatoms. The van der Waals surface area contributed by atoms with Gasteiger partial charge in [0.05, 0.1) is 18.2 Å². The molecule has 3 rings (SSSR count). The molecule has 1 aromatic heterocycles. The van der Waals surface area contributed by atoms with E-state index in [1.165, 1.54) is 36.4 Å². The van der Waals surface area contributed by atoms with E-state index in [0.29, 0.717) is 10.3 Å². The molecule has 0 aliphatic carbocycles. The van der Waals surface area contributed by atoms with Crippen LogP contribution < -0.4 is 4.73 Å². The first-order valence-corrected chi connectivity index (χ1v) is 9.13. The lowest BCUT2D eigenvalue weighted by atomic mass is 10.0. The minimum absolute atomic E-state index is 0.0137. The minimum atomic E-state index is -4.65. The van der Waals surface area contributed by atoms with E-state index in [1.807, 2.05) is 0 Å². The molecule has 5 nitrogen and oxygen atoms in total. The zero-order valence-corrected chi connectivity index (χ0v) is 15.8.